The molecular formula is C16H29N3OS. The Morgan fingerprint density at radius 3 is 2.71 bits per heavy atom. The van der Waals surface area contributed by atoms with Gasteiger partial charge in [-0.25, -0.2) is 0 Å². The van der Waals surface area contributed by atoms with Crippen LogP contribution in [0.1, 0.15) is 39.0 Å². The van der Waals surface area contributed by atoms with Crippen LogP contribution < -0.4 is 5.32 Å². The van der Waals surface area contributed by atoms with E-state index < -0.39 is 0 Å². The Balaban J connectivity index is 1.44. The van der Waals surface area contributed by atoms with Gasteiger partial charge in [0.1, 0.15) is 0 Å². The molecule has 1 spiro atoms. The molecule has 2 heterocycles. The first-order valence-corrected chi connectivity index (χ1v) is 9.48. The Hall–Kier alpha value is -0.260. The van der Waals surface area contributed by atoms with Gasteiger partial charge in [0.05, 0.1) is 13.2 Å². The first kappa shape index (κ1) is 15.6. The average Bonchev–Trinajstić information content (AvgIpc) is 2.52. The van der Waals surface area contributed by atoms with Crippen LogP contribution in [0.3, 0.4) is 0 Å². The van der Waals surface area contributed by atoms with Crippen LogP contribution in [-0.2, 0) is 4.74 Å². The van der Waals surface area contributed by atoms with Crippen LogP contribution >= 0.6 is 11.8 Å². The largest absolute Gasteiger partial charge is 0.379 e. The SMILES string of the molecule is CC(CN1CCOCC1)NC1=NCC2(CCCCC2)CS1. The highest BCUT2D eigenvalue weighted by molar-refractivity contribution is 8.13. The molecule has 1 aliphatic carbocycles. The molecule has 1 saturated carbocycles. The molecule has 0 radical (unpaired) electrons. The van der Waals surface area contributed by atoms with E-state index in [-0.39, 0.29) is 0 Å². The maximum atomic E-state index is 5.41. The highest BCUT2D eigenvalue weighted by atomic mass is 32.2. The number of thioether (sulfide) groups is 1. The van der Waals surface area contributed by atoms with Crippen molar-refractivity contribution in [3.63, 3.8) is 0 Å². The number of ether oxygens (including phenoxy) is 1. The zero-order valence-electron chi connectivity index (χ0n) is 13.3. The van der Waals surface area contributed by atoms with E-state index in [2.05, 4.69) is 17.1 Å². The fourth-order valence-electron chi connectivity index (χ4n) is 3.67. The molecule has 3 rings (SSSR count). The van der Waals surface area contributed by atoms with Crippen molar-refractivity contribution >= 4 is 16.9 Å². The summed E-state index contributed by atoms with van der Waals surface area (Å²) in [5.74, 6) is 1.27. The molecule has 1 unspecified atom stereocenters. The molecule has 2 fully saturated rings. The van der Waals surface area contributed by atoms with E-state index in [0.29, 0.717) is 11.5 Å². The van der Waals surface area contributed by atoms with Crippen molar-refractivity contribution < 1.29 is 4.74 Å². The monoisotopic (exact) mass is 311 g/mol. The van der Waals surface area contributed by atoms with Crippen LogP contribution in [0.2, 0.25) is 0 Å². The number of nitrogens with one attached hydrogen (secondary N) is 1. The molecule has 0 aromatic rings. The third-order valence-corrected chi connectivity index (χ3v) is 6.27. The Kier molecular flexibility index (Phi) is 5.46. The lowest BCUT2D eigenvalue weighted by Gasteiger charge is -2.39. The highest BCUT2D eigenvalue weighted by Gasteiger charge is 2.35. The molecule has 0 amide bonds. The highest BCUT2D eigenvalue weighted by Crippen LogP contribution is 2.41. The van der Waals surface area contributed by atoms with Gasteiger partial charge in [0.25, 0.3) is 0 Å². The number of rotatable bonds is 3. The number of hydrogen-bond donors (Lipinski definition) is 1. The van der Waals surface area contributed by atoms with Crippen LogP contribution in [0.15, 0.2) is 4.99 Å². The second-order valence-electron chi connectivity index (χ2n) is 6.93. The van der Waals surface area contributed by atoms with Gasteiger partial charge in [0.2, 0.25) is 0 Å². The van der Waals surface area contributed by atoms with E-state index in [0.717, 1.165) is 39.4 Å². The fraction of sp³-hybridized carbons (Fsp3) is 0.938. The minimum atomic E-state index is 0.467. The van der Waals surface area contributed by atoms with Crippen molar-refractivity contribution in [3.05, 3.63) is 0 Å². The standard InChI is InChI=1S/C16H29N3OS/c1-14(11-19-7-9-20-10-8-19)18-15-17-12-16(13-21-15)5-3-2-4-6-16/h14H,2-13H2,1H3,(H,17,18). The lowest BCUT2D eigenvalue weighted by atomic mass is 9.75. The summed E-state index contributed by atoms with van der Waals surface area (Å²) >= 11 is 1.95. The zero-order chi connectivity index (χ0) is 14.5. The summed E-state index contributed by atoms with van der Waals surface area (Å²) in [6, 6.07) is 0.467. The smallest absolute Gasteiger partial charge is 0.156 e. The summed E-state index contributed by atoms with van der Waals surface area (Å²) in [4.78, 5) is 7.35. The molecule has 4 nitrogen and oxygen atoms in total. The van der Waals surface area contributed by atoms with E-state index in [4.69, 9.17) is 9.73 Å². The lowest BCUT2D eigenvalue weighted by molar-refractivity contribution is 0.0353. The Morgan fingerprint density at radius 2 is 2.05 bits per heavy atom. The zero-order valence-corrected chi connectivity index (χ0v) is 14.1. The number of aliphatic imine (C=N–C) groups is 1. The van der Waals surface area contributed by atoms with Gasteiger partial charge in [-0.3, -0.25) is 9.89 Å². The summed E-state index contributed by atoms with van der Waals surface area (Å²) in [5.41, 5.74) is 0.529. The molecule has 1 N–H and O–H groups in total. The predicted octanol–water partition coefficient (Wildman–Crippen LogP) is 2.35. The Morgan fingerprint density at radius 1 is 1.29 bits per heavy atom. The van der Waals surface area contributed by atoms with Gasteiger partial charge < -0.3 is 10.1 Å². The van der Waals surface area contributed by atoms with Crippen LogP contribution in [0.4, 0.5) is 0 Å². The number of amidine groups is 1. The van der Waals surface area contributed by atoms with Crippen molar-refractivity contribution in [2.45, 2.75) is 45.1 Å². The molecule has 1 saturated heterocycles. The lowest BCUT2D eigenvalue weighted by Crippen LogP contribution is -2.46. The molecule has 1 atom stereocenters. The summed E-state index contributed by atoms with van der Waals surface area (Å²) < 4.78 is 5.41. The molecule has 21 heavy (non-hydrogen) atoms. The average molecular weight is 311 g/mol. The number of morpholine rings is 1. The van der Waals surface area contributed by atoms with E-state index in [9.17, 15) is 0 Å². The van der Waals surface area contributed by atoms with Crippen molar-refractivity contribution in [1.82, 2.24) is 10.2 Å². The Bertz CT molecular complexity index is 363. The van der Waals surface area contributed by atoms with E-state index in [1.807, 2.05) is 11.8 Å². The second kappa shape index (κ2) is 7.34. The molecule has 0 bridgehead atoms. The molecule has 2 aliphatic heterocycles. The Labute approximate surface area is 133 Å². The maximum absolute atomic E-state index is 5.41. The van der Waals surface area contributed by atoms with Gasteiger partial charge in [0, 0.05) is 38.0 Å². The predicted molar refractivity (Wildman–Crippen MR) is 90.1 cm³/mol. The van der Waals surface area contributed by atoms with E-state index in [1.165, 1.54) is 43.0 Å². The molecule has 5 heteroatoms. The minimum Gasteiger partial charge on any atom is -0.379 e. The first-order valence-electron chi connectivity index (χ1n) is 8.50. The summed E-state index contributed by atoms with van der Waals surface area (Å²) in [6.07, 6.45) is 7.02. The second-order valence-corrected chi connectivity index (χ2v) is 7.89. The molecule has 0 aromatic heterocycles. The molecule has 0 aromatic carbocycles. The van der Waals surface area contributed by atoms with Crippen molar-refractivity contribution in [2.24, 2.45) is 10.4 Å². The van der Waals surface area contributed by atoms with Crippen molar-refractivity contribution in [1.29, 1.82) is 0 Å². The van der Waals surface area contributed by atoms with Gasteiger partial charge >= 0.3 is 0 Å². The third kappa shape index (κ3) is 4.36. The topological polar surface area (TPSA) is 36.9 Å². The molecular weight excluding hydrogens is 282 g/mol. The normalized spacial score (nSPS) is 28.1. The number of hydrogen-bond acceptors (Lipinski definition) is 5. The number of nitrogens with zero attached hydrogens (tertiary/aromatic N) is 2. The minimum absolute atomic E-state index is 0.467. The van der Waals surface area contributed by atoms with Crippen molar-refractivity contribution in [3.8, 4) is 0 Å². The summed E-state index contributed by atoms with van der Waals surface area (Å²) in [5, 5.41) is 4.79. The summed E-state index contributed by atoms with van der Waals surface area (Å²) in [6.45, 7) is 8.30. The molecule has 3 aliphatic rings. The van der Waals surface area contributed by atoms with Gasteiger partial charge in [0.15, 0.2) is 5.17 Å². The van der Waals surface area contributed by atoms with Gasteiger partial charge in [-0.15, -0.1) is 0 Å². The van der Waals surface area contributed by atoms with Gasteiger partial charge in [-0.05, 0) is 25.2 Å². The van der Waals surface area contributed by atoms with Gasteiger partial charge in [-0.1, -0.05) is 31.0 Å². The van der Waals surface area contributed by atoms with Crippen LogP contribution in [0.5, 0.6) is 0 Å². The first-order chi connectivity index (χ1) is 10.3. The van der Waals surface area contributed by atoms with E-state index >= 15 is 0 Å². The maximum Gasteiger partial charge on any atom is 0.156 e. The van der Waals surface area contributed by atoms with Crippen LogP contribution in [0, 0.1) is 5.41 Å². The third-order valence-electron chi connectivity index (χ3n) is 4.99. The van der Waals surface area contributed by atoms with Crippen molar-refractivity contribution in [2.75, 3.05) is 45.1 Å². The fourth-order valence-corrected chi connectivity index (χ4v) is 4.93. The van der Waals surface area contributed by atoms with E-state index in [1.54, 1.807) is 0 Å². The van der Waals surface area contributed by atoms with Crippen LogP contribution in [-0.4, -0.2) is 61.3 Å². The summed E-state index contributed by atoms with van der Waals surface area (Å²) in [7, 11) is 0. The van der Waals surface area contributed by atoms with Gasteiger partial charge in [-0.2, -0.15) is 0 Å². The quantitative estimate of drug-likeness (QED) is 0.868. The molecule has 120 valence electrons. The van der Waals surface area contributed by atoms with Crippen LogP contribution in [0.25, 0.3) is 0 Å².